The molecule has 0 N–H and O–H groups in total. The maximum Gasteiger partial charge on any atom is 0.307 e. The van der Waals surface area contributed by atoms with Crippen molar-refractivity contribution in [3.8, 4) is 0 Å². The molecule has 6 heteroatoms. The second-order valence-corrected chi connectivity index (χ2v) is 7.49. The van der Waals surface area contributed by atoms with Gasteiger partial charge in [0.2, 0.25) is 0 Å². The fraction of sp³-hybridized carbons (Fsp3) is 0.526. The van der Waals surface area contributed by atoms with Crippen molar-refractivity contribution in [2.45, 2.75) is 45.4 Å². The summed E-state index contributed by atoms with van der Waals surface area (Å²) in [7, 11) is 0. The van der Waals surface area contributed by atoms with Gasteiger partial charge in [0.1, 0.15) is 6.10 Å². The maximum atomic E-state index is 12.4. The summed E-state index contributed by atoms with van der Waals surface area (Å²) in [6, 6.07) is 7.20. The van der Waals surface area contributed by atoms with Crippen molar-refractivity contribution < 1.29 is 14.3 Å². The van der Waals surface area contributed by atoms with Crippen LogP contribution in [0, 0.1) is 11.3 Å². The Bertz CT molecular complexity index is 873. The van der Waals surface area contributed by atoms with Gasteiger partial charge >= 0.3 is 5.97 Å². The lowest BCUT2D eigenvalue weighted by Gasteiger charge is -2.53. The highest BCUT2D eigenvalue weighted by atomic mass is 16.6. The molecule has 1 saturated heterocycles. The van der Waals surface area contributed by atoms with E-state index in [0.29, 0.717) is 16.8 Å². The number of nitrogens with zero attached hydrogens (tertiary/aromatic N) is 2. The minimum Gasteiger partial charge on any atom is -0.461 e. The van der Waals surface area contributed by atoms with Gasteiger partial charge in [-0.3, -0.25) is 14.2 Å². The predicted molar refractivity (Wildman–Crippen MR) is 92.1 cm³/mol. The van der Waals surface area contributed by atoms with Crippen LogP contribution in [0.3, 0.4) is 0 Å². The van der Waals surface area contributed by atoms with Crippen molar-refractivity contribution in [1.82, 2.24) is 9.55 Å². The molecular weight excluding hydrogens is 320 g/mol. The molecule has 1 aliphatic heterocycles. The Hall–Kier alpha value is -2.21. The quantitative estimate of drug-likeness (QED) is 0.796. The van der Waals surface area contributed by atoms with Crippen LogP contribution in [-0.2, 0) is 20.8 Å². The largest absolute Gasteiger partial charge is 0.461 e. The van der Waals surface area contributed by atoms with Crippen LogP contribution in [0.1, 0.15) is 26.7 Å². The number of carbonyl (C=O) groups excluding carboxylic acids is 1. The second kappa shape index (κ2) is 5.95. The summed E-state index contributed by atoms with van der Waals surface area (Å²) in [5, 5.41) is 0.560. The van der Waals surface area contributed by atoms with Gasteiger partial charge in [-0.1, -0.05) is 26.0 Å². The molecule has 132 valence electrons. The Morgan fingerprint density at radius 2 is 2.20 bits per heavy atom. The molecule has 1 saturated carbocycles. The number of hydrogen-bond donors (Lipinski definition) is 0. The van der Waals surface area contributed by atoms with Gasteiger partial charge in [-0.25, -0.2) is 4.98 Å². The van der Waals surface area contributed by atoms with Gasteiger partial charge in [0.05, 0.1) is 29.8 Å². The smallest absolute Gasteiger partial charge is 0.307 e. The molecule has 0 unspecified atom stereocenters. The third-order valence-corrected chi connectivity index (χ3v) is 5.54. The minimum atomic E-state index is -0.275. The molecule has 1 aromatic heterocycles. The van der Waals surface area contributed by atoms with Crippen LogP contribution >= 0.6 is 0 Å². The molecule has 1 aromatic carbocycles. The van der Waals surface area contributed by atoms with Gasteiger partial charge in [0.15, 0.2) is 0 Å². The van der Waals surface area contributed by atoms with Crippen LogP contribution in [0.2, 0.25) is 0 Å². The molecule has 0 bridgehead atoms. The van der Waals surface area contributed by atoms with Crippen molar-refractivity contribution in [1.29, 1.82) is 0 Å². The van der Waals surface area contributed by atoms with Gasteiger partial charge in [0.25, 0.3) is 5.56 Å². The predicted octanol–water partition coefficient (Wildman–Crippen LogP) is 2.14. The molecule has 6 nitrogen and oxygen atoms in total. The fourth-order valence-corrected chi connectivity index (χ4v) is 4.19. The number of carbonyl (C=O) groups is 1. The van der Waals surface area contributed by atoms with Crippen molar-refractivity contribution in [2.75, 3.05) is 6.61 Å². The lowest BCUT2D eigenvalue weighted by molar-refractivity contribution is -0.210. The molecule has 2 heterocycles. The summed E-state index contributed by atoms with van der Waals surface area (Å²) in [5.74, 6) is 0.0347. The molecule has 2 fully saturated rings. The molecule has 4 rings (SSSR count). The summed E-state index contributed by atoms with van der Waals surface area (Å²) >= 11 is 0. The number of rotatable bonds is 4. The van der Waals surface area contributed by atoms with Gasteiger partial charge in [0, 0.05) is 24.5 Å². The van der Waals surface area contributed by atoms with Gasteiger partial charge in [-0.05, 0) is 18.6 Å². The Morgan fingerprint density at radius 1 is 1.40 bits per heavy atom. The summed E-state index contributed by atoms with van der Waals surface area (Å²) in [6.07, 6.45) is 2.69. The highest BCUT2D eigenvalue weighted by molar-refractivity contribution is 5.77. The summed E-state index contributed by atoms with van der Waals surface area (Å²) in [6.45, 7) is 5.17. The first-order valence-corrected chi connectivity index (χ1v) is 8.74. The Labute approximate surface area is 145 Å². The van der Waals surface area contributed by atoms with E-state index in [-0.39, 0.29) is 42.1 Å². The Kier molecular flexibility index (Phi) is 3.87. The Balaban J connectivity index is 1.41. The van der Waals surface area contributed by atoms with Crippen molar-refractivity contribution in [3.63, 3.8) is 0 Å². The van der Waals surface area contributed by atoms with Crippen LogP contribution in [0.25, 0.3) is 10.9 Å². The maximum absolute atomic E-state index is 12.4. The van der Waals surface area contributed by atoms with Crippen LogP contribution in [0.15, 0.2) is 35.4 Å². The van der Waals surface area contributed by atoms with Gasteiger partial charge in [-0.2, -0.15) is 0 Å². The standard InChI is InChI=1S/C19H22N2O4/c1-19(2)16-13(8-10-24-16)17(19)25-15(22)7-9-21-11-20-14-6-4-3-5-12(14)18(21)23/h3-6,11,13,16-17H,7-10H2,1-2H3/t13-,16-,17+/m1/s1. The van der Waals surface area contributed by atoms with Crippen molar-refractivity contribution in [3.05, 3.63) is 40.9 Å². The molecule has 2 aromatic rings. The topological polar surface area (TPSA) is 70.4 Å². The Morgan fingerprint density at radius 3 is 3.04 bits per heavy atom. The fourth-order valence-electron chi connectivity index (χ4n) is 4.19. The molecule has 2 aliphatic rings. The van der Waals surface area contributed by atoms with E-state index in [4.69, 9.17) is 9.47 Å². The van der Waals surface area contributed by atoms with E-state index < -0.39 is 0 Å². The normalized spacial score (nSPS) is 26.9. The number of aromatic nitrogens is 2. The van der Waals surface area contributed by atoms with Crippen LogP contribution in [0.5, 0.6) is 0 Å². The molecule has 1 aliphatic carbocycles. The first-order valence-electron chi connectivity index (χ1n) is 8.74. The van der Waals surface area contributed by atoms with Crippen LogP contribution in [0.4, 0.5) is 0 Å². The van der Waals surface area contributed by atoms with E-state index >= 15 is 0 Å². The molecule has 0 radical (unpaired) electrons. The van der Waals surface area contributed by atoms with Crippen molar-refractivity contribution >= 4 is 16.9 Å². The lowest BCUT2D eigenvalue weighted by Crippen LogP contribution is -2.61. The third-order valence-electron chi connectivity index (χ3n) is 5.54. The van der Waals surface area contributed by atoms with E-state index in [1.165, 1.54) is 10.9 Å². The number of para-hydroxylation sites is 1. The van der Waals surface area contributed by atoms with E-state index in [0.717, 1.165) is 13.0 Å². The van der Waals surface area contributed by atoms with E-state index in [1.807, 2.05) is 12.1 Å². The number of fused-ring (bicyclic) bond motifs is 2. The number of benzene rings is 1. The average molecular weight is 342 g/mol. The summed E-state index contributed by atoms with van der Waals surface area (Å²) in [4.78, 5) is 29.0. The van der Waals surface area contributed by atoms with Gasteiger partial charge < -0.3 is 9.47 Å². The molecule has 0 amide bonds. The summed E-state index contributed by atoms with van der Waals surface area (Å²) in [5.41, 5.74) is 0.388. The molecular formula is C19H22N2O4. The zero-order chi connectivity index (χ0) is 17.6. The third kappa shape index (κ3) is 2.65. The van der Waals surface area contributed by atoms with E-state index in [2.05, 4.69) is 18.8 Å². The number of esters is 1. The zero-order valence-electron chi connectivity index (χ0n) is 14.5. The average Bonchev–Trinajstić information content (AvgIpc) is 3.06. The zero-order valence-corrected chi connectivity index (χ0v) is 14.5. The van der Waals surface area contributed by atoms with Crippen LogP contribution in [-0.4, -0.2) is 34.3 Å². The van der Waals surface area contributed by atoms with E-state index in [9.17, 15) is 9.59 Å². The molecule has 3 atom stereocenters. The number of hydrogen-bond acceptors (Lipinski definition) is 5. The second-order valence-electron chi connectivity index (χ2n) is 7.49. The number of aryl methyl sites for hydroxylation is 1. The first-order chi connectivity index (χ1) is 12.0. The monoisotopic (exact) mass is 342 g/mol. The highest BCUT2D eigenvalue weighted by Crippen LogP contribution is 2.53. The van der Waals surface area contributed by atoms with Crippen molar-refractivity contribution in [2.24, 2.45) is 11.3 Å². The van der Waals surface area contributed by atoms with Crippen LogP contribution < -0.4 is 5.56 Å². The summed E-state index contributed by atoms with van der Waals surface area (Å²) < 4.78 is 12.9. The SMILES string of the molecule is CC1(C)[C@@H]2OCC[C@H]2[C@@H]1OC(=O)CCn1cnc2ccccc2c1=O. The molecule has 25 heavy (non-hydrogen) atoms. The first kappa shape index (κ1) is 16.3. The highest BCUT2D eigenvalue weighted by Gasteiger charge is 2.61. The molecule has 0 spiro atoms. The van der Waals surface area contributed by atoms with E-state index in [1.54, 1.807) is 12.1 Å². The number of ether oxygens (including phenoxy) is 2. The van der Waals surface area contributed by atoms with Gasteiger partial charge in [-0.15, -0.1) is 0 Å². The lowest BCUT2D eigenvalue weighted by atomic mass is 9.59. The minimum absolute atomic E-state index is 0.0982.